The molecule has 6 heteroatoms. The predicted octanol–water partition coefficient (Wildman–Crippen LogP) is 3.73. The number of rotatable bonds is 6. The molecule has 0 amide bonds. The van der Waals surface area contributed by atoms with Crippen LogP contribution in [0.3, 0.4) is 0 Å². The molecule has 0 aromatic rings. The number of carbonyl (C=O) groups excluding carboxylic acids is 2. The van der Waals surface area contributed by atoms with Crippen molar-refractivity contribution in [1.29, 1.82) is 0 Å². The Morgan fingerprint density at radius 1 is 1.11 bits per heavy atom. The summed E-state index contributed by atoms with van der Waals surface area (Å²) in [5.41, 5.74) is -0.0573. The summed E-state index contributed by atoms with van der Waals surface area (Å²) in [7, 11) is 0. The Balaban J connectivity index is 1.55. The van der Waals surface area contributed by atoms with Crippen LogP contribution in [0.1, 0.15) is 85.5 Å². The molecule has 0 radical (unpaired) electrons. The highest BCUT2D eigenvalue weighted by Crippen LogP contribution is 2.60. The van der Waals surface area contributed by atoms with Crippen LogP contribution in [0, 0.1) is 17.3 Å². The Kier molecular flexibility index (Phi) is 6.40. The molecule has 160 valence electrons. The maximum absolute atomic E-state index is 11.5. The summed E-state index contributed by atoms with van der Waals surface area (Å²) in [6.07, 6.45) is 7.71. The number of hydrogen-bond donors (Lipinski definition) is 1. The molecule has 0 aromatic carbocycles. The number of fused-ring (bicyclic) bond motifs is 3. The molecule has 4 unspecified atom stereocenters. The van der Waals surface area contributed by atoms with Gasteiger partial charge in [-0.05, 0) is 64.2 Å². The summed E-state index contributed by atoms with van der Waals surface area (Å²) in [5.74, 6) is -1.06. The van der Waals surface area contributed by atoms with Gasteiger partial charge in [0.25, 0.3) is 0 Å². The monoisotopic (exact) mass is 396 g/mol. The molecule has 0 bridgehead atoms. The minimum atomic E-state index is -1.06. The van der Waals surface area contributed by atoms with Gasteiger partial charge in [0, 0.05) is 31.6 Å². The van der Waals surface area contributed by atoms with Crippen LogP contribution in [-0.2, 0) is 23.8 Å². The van der Waals surface area contributed by atoms with Gasteiger partial charge in [0.1, 0.15) is 6.10 Å². The van der Waals surface area contributed by atoms with E-state index in [0.717, 1.165) is 51.4 Å². The van der Waals surface area contributed by atoms with Gasteiger partial charge in [-0.3, -0.25) is 9.59 Å². The van der Waals surface area contributed by atoms with E-state index in [1.54, 1.807) is 0 Å². The standard InChI is InChI=1S/C22H36O6/c1-14(26-15(2)23)6-5-7-17-8-9-19-18-10-11-20(27-16(3)24)21(18,4)12-13-22(19,25)28-17/h14,17-20,25H,5-13H2,1-4H3/t14?,17?,18-,19?,20+,21+,22?/m0/s1. The van der Waals surface area contributed by atoms with E-state index in [-0.39, 0.29) is 41.6 Å². The Labute approximate surface area is 168 Å². The number of hydrogen-bond acceptors (Lipinski definition) is 6. The van der Waals surface area contributed by atoms with Crippen molar-refractivity contribution in [1.82, 2.24) is 0 Å². The third kappa shape index (κ3) is 4.38. The van der Waals surface area contributed by atoms with Crippen LogP contribution in [-0.4, -0.2) is 41.1 Å². The zero-order valence-electron chi connectivity index (χ0n) is 17.7. The smallest absolute Gasteiger partial charge is 0.302 e. The molecule has 1 heterocycles. The third-order valence-electron chi connectivity index (χ3n) is 7.39. The van der Waals surface area contributed by atoms with Gasteiger partial charge < -0.3 is 19.3 Å². The second-order valence-corrected chi connectivity index (χ2v) is 9.41. The van der Waals surface area contributed by atoms with Gasteiger partial charge in [-0.15, -0.1) is 0 Å². The minimum absolute atomic E-state index is 0.0416. The van der Waals surface area contributed by atoms with Crippen LogP contribution in [0.25, 0.3) is 0 Å². The molecule has 1 aliphatic heterocycles. The highest BCUT2D eigenvalue weighted by atomic mass is 16.6. The highest BCUT2D eigenvalue weighted by molar-refractivity contribution is 5.66. The average Bonchev–Trinajstić information content (AvgIpc) is 2.90. The molecule has 0 spiro atoms. The summed E-state index contributed by atoms with van der Waals surface area (Å²) in [6.45, 7) is 7.05. The summed E-state index contributed by atoms with van der Waals surface area (Å²) < 4.78 is 17.0. The van der Waals surface area contributed by atoms with Crippen LogP contribution in [0.2, 0.25) is 0 Å². The van der Waals surface area contributed by atoms with Crippen molar-refractivity contribution < 1.29 is 28.9 Å². The van der Waals surface area contributed by atoms with Crippen molar-refractivity contribution in [2.24, 2.45) is 17.3 Å². The topological polar surface area (TPSA) is 82.1 Å². The Morgan fingerprint density at radius 3 is 2.50 bits per heavy atom. The van der Waals surface area contributed by atoms with E-state index in [1.807, 2.05) is 6.92 Å². The predicted molar refractivity (Wildman–Crippen MR) is 103 cm³/mol. The van der Waals surface area contributed by atoms with Gasteiger partial charge in [-0.25, -0.2) is 0 Å². The summed E-state index contributed by atoms with van der Waals surface area (Å²) in [4.78, 5) is 22.5. The van der Waals surface area contributed by atoms with E-state index < -0.39 is 5.79 Å². The Bertz CT molecular complexity index is 592. The average molecular weight is 397 g/mol. The fourth-order valence-corrected chi connectivity index (χ4v) is 6.04. The van der Waals surface area contributed by atoms with Gasteiger partial charge in [0.15, 0.2) is 5.79 Å². The molecule has 1 N–H and O–H groups in total. The molecule has 6 nitrogen and oxygen atoms in total. The van der Waals surface area contributed by atoms with Crippen molar-refractivity contribution in [3.63, 3.8) is 0 Å². The molecular weight excluding hydrogens is 360 g/mol. The van der Waals surface area contributed by atoms with Crippen molar-refractivity contribution in [2.45, 2.75) is 110 Å². The van der Waals surface area contributed by atoms with Crippen LogP contribution < -0.4 is 0 Å². The molecule has 7 atom stereocenters. The van der Waals surface area contributed by atoms with Crippen LogP contribution >= 0.6 is 0 Å². The molecule has 3 rings (SSSR count). The van der Waals surface area contributed by atoms with Gasteiger partial charge in [-0.1, -0.05) is 6.92 Å². The number of esters is 2. The molecule has 2 aliphatic carbocycles. The van der Waals surface area contributed by atoms with Crippen molar-refractivity contribution >= 4 is 11.9 Å². The minimum Gasteiger partial charge on any atom is -0.463 e. The summed E-state index contributed by atoms with van der Waals surface area (Å²) in [5, 5.41) is 11.3. The van der Waals surface area contributed by atoms with Crippen molar-refractivity contribution in [3.05, 3.63) is 0 Å². The molecule has 2 saturated carbocycles. The van der Waals surface area contributed by atoms with Gasteiger partial charge in [-0.2, -0.15) is 0 Å². The first kappa shape index (κ1) is 21.6. The molecule has 0 aromatic heterocycles. The fourth-order valence-electron chi connectivity index (χ4n) is 6.04. The quantitative estimate of drug-likeness (QED) is 0.689. The molecule has 28 heavy (non-hydrogen) atoms. The SMILES string of the molecule is CC(=O)OC(C)CCCC1CCC2[C@@H]3CC[C@@H](OC(C)=O)[C@]3(C)CCC2(O)O1. The Hall–Kier alpha value is -1.14. The van der Waals surface area contributed by atoms with Crippen molar-refractivity contribution in [3.8, 4) is 0 Å². The lowest BCUT2D eigenvalue weighted by atomic mass is 9.59. The van der Waals surface area contributed by atoms with Crippen molar-refractivity contribution in [2.75, 3.05) is 0 Å². The van der Waals surface area contributed by atoms with Gasteiger partial charge >= 0.3 is 11.9 Å². The first-order chi connectivity index (χ1) is 13.1. The maximum Gasteiger partial charge on any atom is 0.302 e. The number of ether oxygens (including phenoxy) is 3. The van der Waals surface area contributed by atoms with E-state index in [0.29, 0.717) is 12.3 Å². The van der Waals surface area contributed by atoms with Gasteiger partial charge in [0.05, 0.1) is 12.2 Å². The molecule has 3 aliphatic rings. The highest BCUT2D eigenvalue weighted by Gasteiger charge is 2.61. The second kappa shape index (κ2) is 8.31. The maximum atomic E-state index is 11.5. The fraction of sp³-hybridized carbons (Fsp3) is 0.909. The lowest BCUT2D eigenvalue weighted by Crippen LogP contribution is -2.57. The first-order valence-corrected chi connectivity index (χ1v) is 10.9. The van der Waals surface area contributed by atoms with E-state index in [9.17, 15) is 14.7 Å². The summed E-state index contributed by atoms with van der Waals surface area (Å²) >= 11 is 0. The van der Waals surface area contributed by atoms with E-state index in [2.05, 4.69) is 6.92 Å². The van der Waals surface area contributed by atoms with Crippen LogP contribution in [0.5, 0.6) is 0 Å². The lowest BCUT2D eigenvalue weighted by Gasteiger charge is -2.55. The summed E-state index contributed by atoms with van der Waals surface area (Å²) in [6, 6.07) is 0. The zero-order chi connectivity index (χ0) is 20.5. The van der Waals surface area contributed by atoms with E-state index in [4.69, 9.17) is 14.2 Å². The van der Waals surface area contributed by atoms with Crippen LogP contribution in [0.4, 0.5) is 0 Å². The molecule has 1 saturated heterocycles. The van der Waals surface area contributed by atoms with Crippen LogP contribution in [0.15, 0.2) is 0 Å². The lowest BCUT2D eigenvalue weighted by molar-refractivity contribution is -0.320. The number of carbonyl (C=O) groups is 2. The largest absolute Gasteiger partial charge is 0.463 e. The second-order valence-electron chi connectivity index (χ2n) is 9.41. The van der Waals surface area contributed by atoms with Gasteiger partial charge in [0.2, 0.25) is 0 Å². The first-order valence-electron chi connectivity index (χ1n) is 10.9. The molecular formula is C22H36O6. The van der Waals surface area contributed by atoms with E-state index >= 15 is 0 Å². The number of aliphatic hydroxyl groups is 1. The molecule has 3 fully saturated rings. The van der Waals surface area contributed by atoms with E-state index in [1.165, 1.54) is 13.8 Å². The third-order valence-corrected chi connectivity index (χ3v) is 7.39. The zero-order valence-corrected chi connectivity index (χ0v) is 17.7. The Morgan fingerprint density at radius 2 is 1.82 bits per heavy atom. The normalized spacial score (nSPS) is 40.9.